The van der Waals surface area contributed by atoms with Crippen molar-refractivity contribution < 1.29 is 14.3 Å². The van der Waals surface area contributed by atoms with Crippen molar-refractivity contribution in [2.75, 3.05) is 30.8 Å². The lowest BCUT2D eigenvalue weighted by atomic mass is 10.1. The molecule has 1 aromatic heterocycles. The summed E-state index contributed by atoms with van der Waals surface area (Å²) in [4.78, 5) is 12.4. The number of ketones is 1. The highest BCUT2D eigenvalue weighted by Gasteiger charge is 2.15. The fourth-order valence-corrected chi connectivity index (χ4v) is 3.70. The number of carbonyl (C=O) groups is 1. The summed E-state index contributed by atoms with van der Waals surface area (Å²) in [5.41, 5.74) is 0.612. The van der Waals surface area contributed by atoms with Crippen LogP contribution in [-0.4, -0.2) is 41.5 Å². The maximum Gasteiger partial charge on any atom is 0.206 e. The number of nitrogens with zero attached hydrogens (tertiary/aromatic N) is 2. The Bertz CT molecular complexity index is 733. The number of benzene rings is 1. The van der Waals surface area contributed by atoms with Crippen LogP contribution < -0.4 is 14.8 Å². The molecule has 0 unspecified atom stereocenters. The Morgan fingerprint density at radius 2 is 2.17 bits per heavy atom. The van der Waals surface area contributed by atoms with E-state index in [1.807, 2.05) is 0 Å². The van der Waals surface area contributed by atoms with Gasteiger partial charge in [-0.1, -0.05) is 29.2 Å². The van der Waals surface area contributed by atoms with Crippen molar-refractivity contribution >= 4 is 34.0 Å². The standard InChI is InChI=1S/C16H17N3O3S2/c1-2-6-17-15-18-19-16(24-15)23-10-12(20)11-4-5-13-14(9-11)22-8-3-7-21-13/h2,4-5,9H,1,3,6-8,10H2,(H,17,18). The summed E-state index contributed by atoms with van der Waals surface area (Å²) < 4.78 is 12.0. The quantitative estimate of drug-likeness (QED) is 0.460. The molecule has 1 aromatic carbocycles. The van der Waals surface area contributed by atoms with Crippen molar-refractivity contribution in [2.45, 2.75) is 10.8 Å². The predicted molar refractivity (Wildman–Crippen MR) is 95.7 cm³/mol. The summed E-state index contributed by atoms with van der Waals surface area (Å²) in [5.74, 6) is 1.65. The van der Waals surface area contributed by atoms with Crippen molar-refractivity contribution in [1.29, 1.82) is 0 Å². The van der Waals surface area contributed by atoms with Crippen LogP contribution >= 0.6 is 23.1 Å². The maximum absolute atomic E-state index is 12.4. The Hall–Kier alpha value is -2.06. The van der Waals surface area contributed by atoms with E-state index in [1.54, 1.807) is 24.3 Å². The predicted octanol–water partition coefficient (Wildman–Crippen LogP) is 3.27. The number of anilines is 1. The van der Waals surface area contributed by atoms with Crippen LogP contribution in [0.15, 0.2) is 35.2 Å². The van der Waals surface area contributed by atoms with Crippen LogP contribution in [0.25, 0.3) is 0 Å². The number of nitrogens with one attached hydrogen (secondary N) is 1. The van der Waals surface area contributed by atoms with E-state index in [0.717, 1.165) is 15.9 Å². The van der Waals surface area contributed by atoms with E-state index in [4.69, 9.17) is 9.47 Å². The molecule has 0 saturated heterocycles. The highest BCUT2D eigenvalue weighted by Crippen LogP contribution is 2.31. The molecule has 2 aromatic rings. The zero-order valence-electron chi connectivity index (χ0n) is 13.0. The van der Waals surface area contributed by atoms with Crippen molar-refractivity contribution in [3.63, 3.8) is 0 Å². The third-order valence-corrected chi connectivity index (χ3v) is 5.21. The Labute approximate surface area is 148 Å². The molecule has 1 aliphatic heterocycles. The number of rotatable bonds is 7. The van der Waals surface area contributed by atoms with Gasteiger partial charge in [-0.15, -0.1) is 16.8 Å². The van der Waals surface area contributed by atoms with Crippen LogP contribution in [0, 0.1) is 0 Å². The van der Waals surface area contributed by atoms with Gasteiger partial charge in [0, 0.05) is 18.5 Å². The minimum absolute atomic E-state index is 0.0199. The maximum atomic E-state index is 12.4. The Morgan fingerprint density at radius 3 is 3.00 bits per heavy atom. The Balaban J connectivity index is 1.59. The van der Waals surface area contributed by atoms with Crippen molar-refractivity contribution in [1.82, 2.24) is 10.2 Å². The average molecular weight is 363 g/mol. The number of thioether (sulfide) groups is 1. The molecule has 0 amide bonds. The van der Waals surface area contributed by atoms with Gasteiger partial charge in [0.1, 0.15) is 0 Å². The van der Waals surface area contributed by atoms with E-state index in [9.17, 15) is 4.79 Å². The van der Waals surface area contributed by atoms with Crippen LogP contribution in [0.5, 0.6) is 11.5 Å². The normalized spacial score (nSPS) is 13.2. The number of aromatic nitrogens is 2. The number of Topliss-reactive ketones (excluding diaryl/α,β-unsaturated/α-hetero) is 1. The first kappa shape index (κ1) is 16.8. The molecule has 126 valence electrons. The van der Waals surface area contributed by atoms with Crippen LogP contribution in [-0.2, 0) is 0 Å². The second kappa shape index (κ2) is 8.16. The lowest BCUT2D eigenvalue weighted by molar-refractivity contribution is 0.102. The van der Waals surface area contributed by atoms with E-state index in [-0.39, 0.29) is 5.78 Å². The van der Waals surface area contributed by atoms with Gasteiger partial charge in [-0.05, 0) is 18.2 Å². The molecule has 1 aliphatic rings. The van der Waals surface area contributed by atoms with E-state index < -0.39 is 0 Å². The molecule has 0 fully saturated rings. The molecule has 0 radical (unpaired) electrons. The van der Waals surface area contributed by atoms with Gasteiger partial charge in [0.2, 0.25) is 5.13 Å². The van der Waals surface area contributed by atoms with Gasteiger partial charge in [-0.3, -0.25) is 4.79 Å². The van der Waals surface area contributed by atoms with Gasteiger partial charge >= 0.3 is 0 Å². The number of hydrogen-bond acceptors (Lipinski definition) is 8. The number of ether oxygens (including phenoxy) is 2. The third-order valence-electron chi connectivity index (χ3n) is 3.20. The van der Waals surface area contributed by atoms with Gasteiger partial charge < -0.3 is 14.8 Å². The highest BCUT2D eigenvalue weighted by molar-refractivity contribution is 8.01. The molecule has 24 heavy (non-hydrogen) atoms. The van der Waals surface area contributed by atoms with Crippen molar-refractivity contribution in [3.05, 3.63) is 36.4 Å². The largest absolute Gasteiger partial charge is 0.490 e. The molecule has 6 nitrogen and oxygen atoms in total. The third kappa shape index (κ3) is 4.27. The first-order valence-electron chi connectivity index (χ1n) is 7.50. The van der Waals surface area contributed by atoms with Gasteiger partial charge in [0.15, 0.2) is 21.6 Å². The average Bonchev–Trinajstić information content (AvgIpc) is 2.93. The molecule has 1 N–H and O–H groups in total. The van der Waals surface area contributed by atoms with Gasteiger partial charge in [0.05, 0.1) is 19.0 Å². The van der Waals surface area contributed by atoms with E-state index in [2.05, 4.69) is 22.1 Å². The fourth-order valence-electron chi connectivity index (χ4n) is 2.05. The second-order valence-corrected chi connectivity index (χ2v) is 7.17. The monoisotopic (exact) mass is 363 g/mol. The lowest BCUT2D eigenvalue weighted by Crippen LogP contribution is -2.03. The number of fused-ring (bicyclic) bond motifs is 1. The summed E-state index contributed by atoms with van der Waals surface area (Å²) in [6, 6.07) is 5.31. The summed E-state index contributed by atoms with van der Waals surface area (Å²) in [5, 5.41) is 11.9. The molecule has 0 aliphatic carbocycles. The summed E-state index contributed by atoms with van der Waals surface area (Å²) in [7, 11) is 0. The molecular formula is C16H17N3O3S2. The smallest absolute Gasteiger partial charge is 0.206 e. The Morgan fingerprint density at radius 1 is 1.33 bits per heavy atom. The van der Waals surface area contributed by atoms with Crippen LogP contribution in [0.4, 0.5) is 5.13 Å². The molecule has 3 rings (SSSR count). The summed E-state index contributed by atoms with van der Waals surface area (Å²) in [6.07, 6.45) is 2.59. The summed E-state index contributed by atoms with van der Waals surface area (Å²) >= 11 is 2.80. The zero-order valence-corrected chi connectivity index (χ0v) is 14.6. The molecular weight excluding hydrogens is 346 g/mol. The SMILES string of the molecule is C=CCNc1nnc(SCC(=O)c2ccc3c(c2)OCCCO3)s1. The minimum atomic E-state index is 0.0199. The highest BCUT2D eigenvalue weighted by atomic mass is 32.2. The molecule has 0 bridgehead atoms. The lowest BCUT2D eigenvalue weighted by Gasteiger charge is -2.08. The molecule has 0 spiro atoms. The van der Waals surface area contributed by atoms with Gasteiger partial charge in [-0.25, -0.2) is 0 Å². The molecule has 8 heteroatoms. The number of hydrogen-bond donors (Lipinski definition) is 1. The van der Waals surface area contributed by atoms with Crippen LogP contribution in [0.3, 0.4) is 0 Å². The van der Waals surface area contributed by atoms with Gasteiger partial charge in [-0.2, -0.15) is 0 Å². The zero-order chi connectivity index (χ0) is 16.8. The van der Waals surface area contributed by atoms with Crippen LogP contribution in [0.2, 0.25) is 0 Å². The molecule has 2 heterocycles. The second-order valence-electron chi connectivity index (χ2n) is 4.97. The number of carbonyl (C=O) groups excluding carboxylic acids is 1. The summed E-state index contributed by atoms with van der Waals surface area (Å²) in [6.45, 7) is 5.51. The van der Waals surface area contributed by atoms with Crippen molar-refractivity contribution in [3.8, 4) is 11.5 Å². The van der Waals surface area contributed by atoms with Crippen LogP contribution in [0.1, 0.15) is 16.8 Å². The van der Waals surface area contributed by atoms with Crippen molar-refractivity contribution in [2.24, 2.45) is 0 Å². The first-order chi connectivity index (χ1) is 11.8. The Kier molecular flexibility index (Phi) is 5.71. The fraction of sp³-hybridized carbons (Fsp3) is 0.312. The van der Waals surface area contributed by atoms with E-state index >= 15 is 0 Å². The first-order valence-corrected chi connectivity index (χ1v) is 9.30. The minimum Gasteiger partial charge on any atom is -0.490 e. The topological polar surface area (TPSA) is 73.3 Å². The van der Waals surface area contributed by atoms with E-state index in [0.29, 0.717) is 42.6 Å². The van der Waals surface area contributed by atoms with Gasteiger partial charge in [0.25, 0.3) is 0 Å². The molecule has 0 atom stereocenters. The molecule has 0 saturated carbocycles. The van der Waals surface area contributed by atoms with E-state index in [1.165, 1.54) is 23.1 Å².